The Morgan fingerprint density at radius 2 is 2.19 bits per heavy atom. The molecule has 0 unspecified atom stereocenters. The maximum Gasteiger partial charge on any atom is 0.163 e. The average molecular weight is 242 g/mol. The number of halogens is 2. The molecule has 0 radical (unpaired) electrons. The molecule has 0 fully saturated rings. The van der Waals surface area contributed by atoms with Crippen LogP contribution in [0.25, 0.3) is 11.4 Å². The molecule has 1 aromatic heterocycles. The second-order valence-electron chi connectivity index (χ2n) is 3.29. The molecule has 0 bridgehead atoms. The maximum atomic E-state index is 13.2. The van der Waals surface area contributed by atoms with Crippen LogP contribution >= 0.6 is 11.6 Å². The second-order valence-corrected chi connectivity index (χ2v) is 3.69. The van der Waals surface area contributed by atoms with E-state index in [1.54, 1.807) is 17.7 Å². The lowest BCUT2D eigenvalue weighted by molar-refractivity contribution is 0.267. The first-order chi connectivity index (χ1) is 7.63. The summed E-state index contributed by atoms with van der Waals surface area (Å²) in [5.74, 6) is 0.401. The van der Waals surface area contributed by atoms with E-state index >= 15 is 0 Å². The van der Waals surface area contributed by atoms with E-state index in [0.29, 0.717) is 17.2 Å². The summed E-state index contributed by atoms with van der Waals surface area (Å²) in [4.78, 5) is 0. The van der Waals surface area contributed by atoms with E-state index in [-0.39, 0.29) is 11.6 Å². The van der Waals surface area contributed by atoms with Gasteiger partial charge in [-0.25, -0.2) is 4.39 Å². The fourth-order valence-corrected chi connectivity index (χ4v) is 1.50. The first kappa shape index (κ1) is 11.0. The van der Waals surface area contributed by atoms with Gasteiger partial charge in [0.05, 0.1) is 5.02 Å². The molecule has 1 heterocycles. The van der Waals surface area contributed by atoms with Gasteiger partial charge in [-0.05, 0) is 18.2 Å². The third-order valence-corrected chi connectivity index (χ3v) is 2.59. The van der Waals surface area contributed by atoms with Gasteiger partial charge in [-0.1, -0.05) is 11.6 Å². The van der Waals surface area contributed by atoms with Crippen molar-refractivity contribution in [2.75, 3.05) is 0 Å². The number of nitrogens with zero attached hydrogens (tertiary/aromatic N) is 3. The van der Waals surface area contributed by atoms with Crippen molar-refractivity contribution in [1.29, 1.82) is 0 Å². The molecule has 4 nitrogen and oxygen atoms in total. The van der Waals surface area contributed by atoms with Gasteiger partial charge >= 0.3 is 0 Å². The lowest BCUT2D eigenvalue weighted by Gasteiger charge is -2.03. The minimum absolute atomic E-state index is 0.0632. The van der Waals surface area contributed by atoms with Crippen LogP contribution in [0.1, 0.15) is 5.82 Å². The van der Waals surface area contributed by atoms with Gasteiger partial charge in [0, 0.05) is 12.6 Å². The van der Waals surface area contributed by atoms with Gasteiger partial charge in [-0.15, -0.1) is 10.2 Å². The molecule has 1 N–H and O–H groups in total. The smallest absolute Gasteiger partial charge is 0.163 e. The number of aromatic nitrogens is 3. The highest BCUT2D eigenvalue weighted by Gasteiger charge is 2.11. The molecule has 1 aromatic carbocycles. The largest absolute Gasteiger partial charge is 0.388 e. The zero-order valence-electron chi connectivity index (χ0n) is 8.48. The van der Waals surface area contributed by atoms with E-state index in [1.165, 1.54) is 12.1 Å². The molecular weight excluding hydrogens is 233 g/mol. The van der Waals surface area contributed by atoms with Crippen molar-refractivity contribution in [3.05, 3.63) is 34.9 Å². The molecule has 0 amide bonds. The number of aliphatic hydroxyl groups excluding tert-OH is 1. The van der Waals surface area contributed by atoms with Gasteiger partial charge in [-0.2, -0.15) is 0 Å². The van der Waals surface area contributed by atoms with Crippen LogP contribution in [-0.2, 0) is 13.7 Å². The highest BCUT2D eigenvalue weighted by Crippen LogP contribution is 2.22. The maximum absolute atomic E-state index is 13.2. The summed E-state index contributed by atoms with van der Waals surface area (Å²) < 4.78 is 14.8. The highest BCUT2D eigenvalue weighted by molar-refractivity contribution is 6.30. The van der Waals surface area contributed by atoms with Gasteiger partial charge in [0.25, 0.3) is 0 Å². The molecule has 0 saturated heterocycles. The van der Waals surface area contributed by atoms with Crippen LogP contribution < -0.4 is 0 Å². The third-order valence-electron chi connectivity index (χ3n) is 2.28. The van der Waals surface area contributed by atoms with Crippen LogP contribution in [-0.4, -0.2) is 19.9 Å². The van der Waals surface area contributed by atoms with Gasteiger partial charge in [-0.3, -0.25) is 0 Å². The Morgan fingerprint density at radius 3 is 2.75 bits per heavy atom. The molecule has 2 rings (SSSR count). The molecule has 0 aliphatic rings. The molecule has 0 atom stereocenters. The Balaban J connectivity index is 2.50. The number of hydrogen-bond acceptors (Lipinski definition) is 3. The molecule has 0 aliphatic heterocycles. The minimum atomic E-state index is -0.507. The van der Waals surface area contributed by atoms with E-state index in [0.717, 1.165) is 0 Å². The quantitative estimate of drug-likeness (QED) is 0.872. The topological polar surface area (TPSA) is 50.9 Å². The van der Waals surface area contributed by atoms with Crippen LogP contribution in [0.15, 0.2) is 18.2 Å². The molecule has 16 heavy (non-hydrogen) atoms. The summed E-state index contributed by atoms with van der Waals surface area (Å²) in [6, 6.07) is 4.39. The lowest BCUT2D eigenvalue weighted by atomic mass is 10.2. The summed E-state index contributed by atoms with van der Waals surface area (Å²) in [6.07, 6.45) is 0. The molecule has 0 spiro atoms. The SMILES string of the molecule is Cn1c(CO)nnc1-c1ccc(Cl)c(F)c1. The standard InChI is InChI=1S/C10H9ClFN3O/c1-15-9(5-16)13-14-10(15)6-2-3-7(11)8(12)4-6/h2-4,16H,5H2,1H3. The van der Waals surface area contributed by atoms with Crippen molar-refractivity contribution < 1.29 is 9.50 Å². The molecule has 0 saturated carbocycles. The van der Waals surface area contributed by atoms with E-state index in [2.05, 4.69) is 10.2 Å². The van der Waals surface area contributed by atoms with Crippen LogP contribution in [0.2, 0.25) is 5.02 Å². The predicted octanol–water partition coefficient (Wildman–Crippen LogP) is 1.77. The van der Waals surface area contributed by atoms with E-state index < -0.39 is 5.82 Å². The normalized spacial score (nSPS) is 10.8. The van der Waals surface area contributed by atoms with Crippen LogP contribution in [0.3, 0.4) is 0 Å². The number of rotatable bonds is 2. The monoisotopic (exact) mass is 241 g/mol. The van der Waals surface area contributed by atoms with Crippen molar-refractivity contribution >= 4 is 11.6 Å². The van der Waals surface area contributed by atoms with Crippen molar-refractivity contribution in [2.24, 2.45) is 7.05 Å². The van der Waals surface area contributed by atoms with Gasteiger partial charge < -0.3 is 9.67 Å². The molecule has 6 heteroatoms. The molecule has 84 valence electrons. The fourth-order valence-electron chi connectivity index (χ4n) is 1.39. The van der Waals surface area contributed by atoms with Crippen LogP contribution in [0.5, 0.6) is 0 Å². The van der Waals surface area contributed by atoms with Crippen molar-refractivity contribution in [3.63, 3.8) is 0 Å². The van der Waals surface area contributed by atoms with Gasteiger partial charge in [0.15, 0.2) is 11.6 Å². The Morgan fingerprint density at radius 1 is 1.44 bits per heavy atom. The number of hydrogen-bond donors (Lipinski definition) is 1. The zero-order chi connectivity index (χ0) is 11.7. The summed E-state index contributed by atoms with van der Waals surface area (Å²) in [7, 11) is 1.70. The summed E-state index contributed by atoms with van der Waals surface area (Å²) in [5, 5.41) is 16.7. The Bertz CT molecular complexity index is 527. The van der Waals surface area contributed by atoms with E-state index in [4.69, 9.17) is 16.7 Å². The van der Waals surface area contributed by atoms with Crippen molar-refractivity contribution in [2.45, 2.75) is 6.61 Å². The Labute approximate surface area is 96.3 Å². The average Bonchev–Trinajstić information content (AvgIpc) is 2.64. The molecular formula is C10H9ClFN3O. The second kappa shape index (κ2) is 4.19. The summed E-state index contributed by atoms with van der Waals surface area (Å²) in [6.45, 7) is -0.209. The number of aliphatic hydroxyl groups is 1. The first-order valence-corrected chi connectivity index (χ1v) is 4.96. The Kier molecular flexibility index (Phi) is 2.89. The van der Waals surface area contributed by atoms with Crippen molar-refractivity contribution in [1.82, 2.24) is 14.8 Å². The summed E-state index contributed by atoms with van der Waals surface area (Å²) in [5.41, 5.74) is 0.566. The molecule has 2 aromatic rings. The third kappa shape index (κ3) is 1.79. The van der Waals surface area contributed by atoms with Crippen LogP contribution in [0, 0.1) is 5.82 Å². The van der Waals surface area contributed by atoms with Crippen molar-refractivity contribution in [3.8, 4) is 11.4 Å². The zero-order valence-corrected chi connectivity index (χ0v) is 9.24. The van der Waals surface area contributed by atoms with Crippen LogP contribution in [0.4, 0.5) is 4.39 Å². The van der Waals surface area contributed by atoms with E-state index in [9.17, 15) is 4.39 Å². The minimum Gasteiger partial charge on any atom is -0.388 e. The first-order valence-electron chi connectivity index (χ1n) is 4.58. The van der Waals surface area contributed by atoms with E-state index in [1.807, 2.05) is 0 Å². The summed E-state index contributed by atoms with van der Waals surface area (Å²) >= 11 is 5.58. The Hall–Kier alpha value is -1.46. The molecule has 0 aliphatic carbocycles. The highest BCUT2D eigenvalue weighted by atomic mass is 35.5. The predicted molar refractivity (Wildman–Crippen MR) is 57.3 cm³/mol. The fraction of sp³-hybridized carbons (Fsp3) is 0.200. The lowest BCUT2D eigenvalue weighted by Crippen LogP contribution is -1.99. The van der Waals surface area contributed by atoms with Gasteiger partial charge in [0.1, 0.15) is 12.4 Å². The number of benzene rings is 1. The van der Waals surface area contributed by atoms with Gasteiger partial charge in [0.2, 0.25) is 0 Å².